The van der Waals surface area contributed by atoms with E-state index < -0.39 is 0 Å². The van der Waals surface area contributed by atoms with Crippen LogP contribution >= 0.6 is 0 Å². The molecule has 0 bridgehead atoms. The summed E-state index contributed by atoms with van der Waals surface area (Å²) < 4.78 is 0. The number of aromatic amines is 1. The summed E-state index contributed by atoms with van der Waals surface area (Å²) in [6.07, 6.45) is 5.97. The van der Waals surface area contributed by atoms with Crippen molar-refractivity contribution in [1.82, 2.24) is 20.2 Å². The third-order valence-electron chi connectivity index (χ3n) is 3.47. The number of unbranched alkanes of at least 4 members (excludes halogenated alkanes) is 1. The second-order valence-corrected chi connectivity index (χ2v) is 5.09. The van der Waals surface area contributed by atoms with Crippen LogP contribution < -0.4 is 5.32 Å². The minimum Gasteiger partial charge on any atom is -0.370 e. The number of nitrogens with one attached hydrogen (secondary N) is 2. The van der Waals surface area contributed by atoms with Crippen molar-refractivity contribution < 1.29 is 0 Å². The van der Waals surface area contributed by atoms with E-state index in [4.69, 9.17) is 0 Å². The van der Waals surface area contributed by atoms with Crippen LogP contribution in [0.3, 0.4) is 0 Å². The zero-order valence-corrected chi connectivity index (χ0v) is 12.5. The van der Waals surface area contributed by atoms with E-state index >= 15 is 0 Å². The van der Waals surface area contributed by atoms with Gasteiger partial charge in [0, 0.05) is 24.0 Å². The molecule has 20 heavy (non-hydrogen) atoms. The van der Waals surface area contributed by atoms with Crippen molar-refractivity contribution in [2.24, 2.45) is 0 Å². The Morgan fingerprint density at radius 1 is 1.20 bits per heavy atom. The maximum Gasteiger partial charge on any atom is 0.129 e. The number of nitrogens with zero attached hydrogens (tertiary/aromatic N) is 3. The zero-order valence-electron chi connectivity index (χ0n) is 12.5. The van der Waals surface area contributed by atoms with Gasteiger partial charge >= 0.3 is 0 Å². The maximum atomic E-state index is 4.30. The van der Waals surface area contributed by atoms with E-state index in [0.717, 1.165) is 42.3 Å². The smallest absolute Gasteiger partial charge is 0.129 e. The van der Waals surface area contributed by atoms with Crippen LogP contribution in [-0.2, 0) is 12.8 Å². The van der Waals surface area contributed by atoms with E-state index in [0.29, 0.717) is 0 Å². The highest BCUT2D eigenvalue weighted by molar-refractivity contribution is 5.35. The zero-order chi connectivity index (χ0) is 14.4. The standard InChI is InChI=1S/C15H23N5/c1-4-5-6-13-9-15(18-10-17-13)16-8-7-14-11(2)19-20-12(14)3/h9-10H,4-8H2,1-3H3,(H,19,20)(H,16,17,18). The Labute approximate surface area is 120 Å². The van der Waals surface area contributed by atoms with Gasteiger partial charge in [0.15, 0.2) is 0 Å². The molecule has 0 fully saturated rings. The SMILES string of the molecule is CCCCc1cc(NCCc2c(C)n[nH]c2C)ncn1. The molecule has 2 heterocycles. The Morgan fingerprint density at radius 3 is 2.75 bits per heavy atom. The molecular formula is C15H23N5. The van der Waals surface area contributed by atoms with Gasteiger partial charge in [0.25, 0.3) is 0 Å². The van der Waals surface area contributed by atoms with Crippen molar-refractivity contribution in [2.45, 2.75) is 46.5 Å². The summed E-state index contributed by atoms with van der Waals surface area (Å²) in [5, 5.41) is 10.6. The number of aromatic nitrogens is 4. The quantitative estimate of drug-likeness (QED) is 0.814. The Kier molecular flexibility index (Phi) is 5.09. The average Bonchev–Trinajstić information content (AvgIpc) is 2.77. The highest BCUT2D eigenvalue weighted by atomic mass is 15.1. The van der Waals surface area contributed by atoms with Crippen molar-refractivity contribution in [1.29, 1.82) is 0 Å². The van der Waals surface area contributed by atoms with Gasteiger partial charge in [-0.1, -0.05) is 13.3 Å². The first-order valence-corrected chi connectivity index (χ1v) is 7.26. The molecule has 0 saturated heterocycles. The van der Waals surface area contributed by atoms with Crippen LogP contribution in [0.2, 0.25) is 0 Å². The van der Waals surface area contributed by atoms with Crippen LogP contribution in [0, 0.1) is 13.8 Å². The number of aryl methyl sites for hydroxylation is 3. The third-order valence-corrected chi connectivity index (χ3v) is 3.47. The van der Waals surface area contributed by atoms with Gasteiger partial charge in [-0.2, -0.15) is 5.10 Å². The minimum absolute atomic E-state index is 0.853. The molecule has 2 N–H and O–H groups in total. The van der Waals surface area contributed by atoms with Gasteiger partial charge in [-0.05, 0) is 38.7 Å². The summed E-state index contributed by atoms with van der Waals surface area (Å²) in [7, 11) is 0. The lowest BCUT2D eigenvalue weighted by Crippen LogP contribution is -2.08. The number of anilines is 1. The summed E-state index contributed by atoms with van der Waals surface area (Å²) >= 11 is 0. The van der Waals surface area contributed by atoms with Crippen LogP contribution in [0.4, 0.5) is 5.82 Å². The average molecular weight is 273 g/mol. The second kappa shape index (κ2) is 7.03. The predicted molar refractivity (Wildman–Crippen MR) is 80.9 cm³/mol. The van der Waals surface area contributed by atoms with Crippen LogP contribution in [0.5, 0.6) is 0 Å². The third kappa shape index (κ3) is 3.79. The molecule has 0 aliphatic carbocycles. The molecule has 0 unspecified atom stereocenters. The monoisotopic (exact) mass is 273 g/mol. The Balaban J connectivity index is 1.88. The molecule has 0 aromatic carbocycles. The lowest BCUT2D eigenvalue weighted by Gasteiger charge is -2.07. The topological polar surface area (TPSA) is 66.5 Å². The Morgan fingerprint density at radius 2 is 2.05 bits per heavy atom. The predicted octanol–water partition coefficient (Wildman–Crippen LogP) is 2.81. The van der Waals surface area contributed by atoms with Gasteiger partial charge in [-0.15, -0.1) is 0 Å². The number of hydrogen-bond acceptors (Lipinski definition) is 4. The fourth-order valence-electron chi connectivity index (χ4n) is 2.25. The molecule has 0 aliphatic heterocycles. The fourth-order valence-corrected chi connectivity index (χ4v) is 2.25. The van der Waals surface area contributed by atoms with E-state index in [2.05, 4.69) is 39.3 Å². The van der Waals surface area contributed by atoms with Crippen molar-refractivity contribution >= 4 is 5.82 Å². The number of H-pyrrole nitrogens is 1. The summed E-state index contributed by atoms with van der Waals surface area (Å²) in [5.41, 5.74) is 4.63. The van der Waals surface area contributed by atoms with Gasteiger partial charge in [0.05, 0.1) is 5.69 Å². The normalized spacial score (nSPS) is 10.8. The number of hydrogen-bond donors (Lipinski definition) is 2. The van der Waals surface area contributed by atoms with Crippen molar-refractivity contribution in [3.63, 3.8) is 0 Å². The largest absolute Gasteiger partial charge is 0.370 e. The molecule has 2 aromatic rings. The van der Waals surface area contributed by atoms with Crippen molar-refractivity contribution in [3.05, 3.63) is 35.0 Å². The Bertz CT molecular complexity index is 527. The van der Waals surface area contributed by atoms with E-state index in [1.165, 1.54) is 18.4 Å². The summed E-state index contributed by atoms with van der Waals surface area (Å²) in [5.74, 6) is 0.907. The van der Waals surface area contributed by atoms with Crippen molar-refractivity contribution in [3.8, 4) is 0 Å². The molecule has 2 aromatic heterocycles. The van der Waals surface area contributed by atoms with E-state index in [1.54, 1.807) is 6.33 Å². The maximum absolute atomic E-state index is 4.30. The van der Waals surface area contributed by atoms with Crippen LogP contribution in [0.25, 0.3) is 0 Å². The van der Waals surface area contributed by atoms with E-state index in [9.17, 15) is 0 Å². The van der Waals surface area contributed by atoms with E-state index in [1.807, 2.05) is 13.0 Å². The van der Waals surface area contributed by atoms with Gasteiger partial charge < -0.3 is 5.32 Å². The first kappa shape index (κ1) is 14.5. The molecule has 2 rings (SSSR count). The molecule has 0 atom stereocenters. The molecule has 5 heteroatoms. The first-order chi connectivity index (χ1) is 9.70. The van der Waals surface area contributed by atoms with Crippen LogP contribution in [0.1, 0.15) is 42.4 Å². The molecule has 108 valence electrons. The lowest BCUT2D eigenvalue weighted by molar-refractivity contribution is 0.773. The molecule has 5 nitrogen and oxygen atoms in total. The van der Waals surface area contributed by atoms with Gasteiger partial charge in [-0.3, -0.25) is 5.10 Å². The lowest BCUT2D eigenvalue weighted by atomic mass is 10.1. The summed E-state index contributed by atoms with van der Waals surface area (Å²) in [4.78, 5) is 8.56. The van der Waals surface area contributed by atoms with Crippen molar-refractivity contribution in [2.75, 3.05) is 11.9 Å². The van der Waals surface area contributed by atoms with Gasteiger partial charge in [0.2, 0.25) is 0 Å². The summed E-state index contributed by atoms with van der Waals surface area (Å²) in [6, 6.07) is 2.05. The van der Waals surface area contributed by atoms with Gasteiger partial charge in [0.1, 0.15) is 12.1 Å². The highest BCUT2D eigenvalue weighted by Gasteiger charge is 2.06. The highest BCUT2D eigenvalue weighted by Crippen LogP contribution is 2.11. The first-order valence-electron chi connectivity index (χ1n) is 7.26. The second-order valence-electron chi connectivity index (χ2n) is 5.09. The molecule has 0 spiro atoms. The molecule has 0 amide bonds. The molecule has 0 saturated carbocycles. The molecule has 0 radical (unpaired) electrons. The number of rotatable bonds is 7. The Hall–Kier alpha value is -1.91. The van der Waals surface area contributed by atoms with Gasteiger partial charge in [-0.25, -0.2) is 9.97 Å². The fraction of sp³-hybridized carbons (Fsp3) is 0.533. The minimum atomic E-state index is 0.853. The van der Waals surface area contributed by atoms with E-state index in [-0.39, 0.29) is 0 Å². The van der Waals surface area contributed by atoms with Crippen LogP contribution in [0.15, 0.2) is 12.4 Å². The summed E-state index contributed by atoms with van der Waals surface area (Å²) in [6.45, 7) is 7.14. The molecule has 0 aliphatic rings. The van der Waals surface area contributed by atoms with Crippen LogP contribution in [-0.4, -0.2) is 26.7 Å². The molecular weight excluding hydrogens is 250 g/mol.